The summed E-state index contributed by atoms with van der Waals surface area (Å²) >= 11 is 1.58. The van der Waals surface area contributed by atoms with Crippen LogP contribution in [0.1, 0.15) is 6.42 Å². The zero-order valence-electron chi connectivity index (χ0n) is 14.9. The summed E-state index contributed by atoms with van der Waals surface area (Å²) in [5.41, 5.74) is 2.97. The maximum atomic E-state index is 9.28. The number of hydrogen-bond donors (Lipinski definition) is 1. The molecule has 0 amide bonds. The number of para-hydroxylation sites is 1. The highest BCUT2D eigenvalue weighted by Gasteiger charge is 2.11. The van der Waals surface area contributed by atoms with Crippen molar-refractivity contribution in [3.63, 3.8) is 0 Å². The summed E-state index contributed by atoms with van der Waals surface area (Å²) in [6.07, 6.45) is 0.666. The van der Waals surface area contributed by atoms with Crippen LogP contribution < -0.4 is 14.3 Å². The molecule has 1 aromatic heterocycles. The van der Waals surface area contributed by atoms with Gasteiger partial charge in [-0.25, -0.2) is 4.99 Å². The molecular weight excluding hydrogens is 348 g/mol. The number of aromatic nitrogens is 1. The zero-order chi connectivity index (χ0) is 18.4. The number of methoxy groups -OCH3 is 2. The normalized spacial score (nSPS) is 11.6. The van der Waals surface area contributed by atoms with E-state index in [1.54, 1.807) is 25.6 Å². The molecule has 0 radical (unpaired) electrons. The van der Waals surface area contributed by atoms with E-state index < -0.39 is 0 Å². The SMILES string of the molecule is COc1ccc(-c2csc(=Nc3ccccc3)n2CCCO)cc1OC. The molecule has 0 aliphatic carbocycles. The van der Waals surface area contributed by atoms with Crippen LogP contribution in [0, 0.1) is 0 Å². The summed E-state index contributed by atoms with van der Waals surface area (Å²) in [5.74, 6) is 1.38. The minimum atomic E-state index is 0.138. The van der Waals surface area contributed by atoms with Crippen molar-refractivity contribution in [3.05, 3.63) is 58.7 Å². The number of aliphatic hydroxyl groups is 1. The Bertz CT molecular complexity index is 916. The Morgan fingerprint density at radius 1 is 1.04 bits per heavy atom. The van der Waals surface area contributed by atoms with Gasteiger partial charge in [0, 0.05) is 24.1 Å². The number of ether oxygens (including phenoxy) is 2. The third kappa shape index (κ3) is 3.98. The number of thiazole rings is 1. The Kier molecular flexibility index (Phi) is 6.09. The fourth-order valence-corrected chi connectivity index (χ4v) is 3.66. The highest BCUT2D eigenvalue weighted by atomic mass is 32.1. The van der Waals surface area contributed by atoms with Crippen LogP contribution in [-0.2, 0) is 6.54 Å². The first-order valence-electron chi connectivity index (χ1n) is 8.38. The van der Waals surface area contributed by atoms with E-state index in [9.17, 15) is 5.11 Å². The van der Waals surface area contributed by atoms with Gasteiger partial charge in [-0.1, -0.05) is 18.2 Å². The van der Waals surface area contributed by atoms with Crippen molar-refractivity contribution in [1.82, 2.24) is 4.57 Å². The first-order chi connectivity index (χ1) is 12.8. The van der Waals surface area contributed by atoms with E-state index in [2.05, 4.69) is 9.95 Å². The molecule has 0 unspecified atom stereocenters. The summed E-state index contributed by atoms with van der Waals surface area (Å²) in [7, 11) is 3.26. The average Bonchev–Trinajstić information content (AvgIpc) is 3.08. The second-order valence-electron chi connectivity index (χ2n) is 5.65. The lowest BCUT2D eigenvalue weighted by Gasteiger charge is -2.12. The van der Waals surface area contributed by atoms with Crippen LogP contribution >= 0.6 is 11.3 Å². The quantitative estimate of drug-likeness (QED) is 0.687. The minimum absolute atomic E-state index is 0.138. The highest BCUT2D eigenvalue weighted by molar-refractivity contribution is 7.07. The van der Waals surface area contributed by atoms with Gasteiger partial charge < -0.3 is 19.1 Å². The maximum absolute atomic E-state index is 9.28. The molecule has 26 heavy (non-hydrogen) atoms. The van der Waals surface area contributed by atoms with E-state index in [4.69, 9.17) is 14.5 Å². The highest BCUT2D eigenvalue weighted by Crippen LogP contribution is 2.32. The van der Waals surface area contributed by atoms with E-state index in [-0.39, 0.29) is 6.61 Å². The molecule has 5 nitrogen and oxygen atoms in total. The monoisotopic (exact) mass is 370 g/mol. The Labute approximate surface area is 156 Å². The Morgan fingerprint density at radius 3 is 2.50 bits per heavy atom. The lowest BCUT2D eigenvalue weighted by molar-refractivity contribution is 0.279. The van der Waals surface area contributed by atoms with E-state index in [0.717, 1.165) is 21.7 Å². The second kappa shape index (κ2) is 8.69. The predicted molar refractivity (Wildman–Crippen MR) is 104 cm³/mol. The summed E-state index contributed by atoms with van der Waals surface area (Å²) in [5, 5.41) is 11.4. The van der Waals surface area contributed by atoms with Crippen molar-refractivity contribution in [2.75, 3.05) is 20.8 Å². The largest absolute Gasteiger partial charge is 0.493 e. The van der Waals surface area contributed by atoms with Crippen molar-refractivity contribution in [3.8, 4) is 22.8 Å². The molecule has 0 aliphatic rings. The third-order valence-electron chi connectivity index (χ3n) is 4.00. The molecule has 0 fully saturated rings. The van der Waals surface area contributed by atoms with Gasteiger partial charge in [0.15, 0.2) is 16.3 Å². The van der Waals surface area contributed by atoms with Crippen molar-refractivity contribution >= 4 is 17.0 Å². The van der Waals surface area contributed by atoms with Gasteiger partial charge in [0.1, 0.15) is 0 Å². The summed E-state index contributed by atoms with van der Waals surface area (Å²) in [4.78, 5) is 5.66. The molecular formula is C20H22N2O3S. The van der Waals surface area contributed by atoms with Gasteiger partial charge in [0.2, 0.25) is 0 Å². The third-order valence-corrected chi connectivity index (χ3v) is 4.86. The zero-order valence-corrected chi connectivity index (χ0v) is 15.7. The topological polar surface area (TPSA) is 56.0 Å². The standard InChI is InChI=1S/C20H22N2O3S/c1-24-18-10-9-15(13-19(18)25-2)17-14-26-20(22(17)11-6-12-23)21-16-7-4-3-5-8-16/h3-5,7-10,13-14,23H,6,11-12H2,1-2H3. The number of aliphatic hydroxyl groups excluding tert-OH is 1. The molecule has 2 aromatic carbocycles. The molecule has 6 heteroatoms. The van der Waals surface area contributed by atoms with E-state index in [1.807, 2.05) is 48.5 Å². The first-order valence-corrected chi connectivity index (χ1v) is 9.26. The van der Waals surface area contributed by atoms with Crippen molar-refractivity contribution < 1.29 is 14.6 Å². The lowest BCUT2D eigenvalue weighted by Crippen LogP contribution is -2.16. The Hall–Kier alpha value is -2.57. The lowest BCUT2D eigenvalue weighted by atomic mass is 10.1. The van der Waals surface area contributed by atoms with E-state index in [1.165, 1.54) is 0 Å². The van der Waals surface area contributed by atoms with Gasteiger partial charge in [-0.15, -0.1) is 11.3 Å². The summed E-state index contributed by atoms with van der Waals surface area (Å²) < 4.78 is 12.9. The molecule has 136 valence electrons. The van der Waals surface area contributed by atoms with Crippen molar-refractivity contribution in [2.24, 2.45) is 4.99 Å². The second-order valence-corrected chi connectivity index (χ2v) is 6.49. The fourth-order valence-electron chi connectivity index (χ4n) is 2.70. The molecule has 0 bridgehead atoms. The van der Waals surface area contributed by atoms with Gasteiger partial charge in [-0.05, 0) is 36.8 Å². The molecule has 0 spiro atoms. The van der Waals surface area contributed by atoms with Gasteiger partial charge in [-0.3, -0.25) is 0 Å². The Balaban J connectivity index is 2.09. The number of rotatable bonds is 7. The van der Waals surface area contributed by atoms with Crippen LogP contribution in [0.4, 0.5) is 5.69 Å². The van der Waals surface area contributed by atoms with Gasteiger partial charge in [0.25, 0.3) is 0 Å². The molecule has 3 rings (SSSR count). The van der Waals surface area contributed by atoms with Crippen LogP contribution in [-0.4, -0.2) is 30.5 Å². The first kappa shape index (κ1) is 18.2. The molecule has 0 atom stereocenters. The number of benzene rings is 2. The maximum Gasteiger partial charge on any atom is 0.190 e. The van der Waals surface area contributed by atoms with Crippen LogP contribution in [0.15, 0.2) is 58.9 Å². The number of hydrogen-bond acceptors (Lipinski definition) is 5. The molecule has 1 N–H and O–H groups in total. The smallest absolute Gasteiger partial charge is 0.190 e. The van der Waals surface area contributed by atoms with Crippen molar-refractivity contribution in [1.29, 1.82) is 0 Å². The van der Waals surface area contributed by atoms with E-state index >= 15 is 0 Å². The fraction of sp³-hybridized carbons (Fsp3) is 0.250. The average molecular weight is 370 g/mol. The van der Waals surface area contributed by atoms with Crippen LogP contribution in [0.5, 0.6) is 11.5 Å². The van der Waals surface area contributed by atoms with Gasteiger partial charge >= 0.3 is 0 Å². The summed E-state index contributed by atoms with van der Waals surface area (Å²) in [6.45, 7) is 0.828. The Morgan fingerprint density at radius 2 is 1.81 bits per heavy atom. The summed E-state index contributed by atoms with van der Waals surface area (Å²) in [6, 6.07) is 15.7. The van der Waals surface area contributed by atoms with Crippen LogP contribution in [0.25, 0.3) is 11.3 Å². The molecule has 3 aromatic rings. The van der Waals surface area contributed by atoms with Crippen LogP contribution in [0.3, 0.4) is 0 Å². The number of nitrogens with zero attached hydrogens (tertiary/aromatic N) is 2. The molecule has 0 saturated heterocycles. The molecule has 0 aliphatic heterocycles. The minimum Gasteiger partial charge on any atom is -0.493 e. The molecule has 1 heterocycles. The molecule has 0 saturated carbocycles. The van der Waals surface area contributed by atoms with Crippen LogP contribution in [0.2, 0.25) is 0 Å². The van der Waals surface area contributed by atoms with Gasteiger partial charge in [-0.2, -0.15) is 0 Å². The van der Waals surface area contributed by atoms with Crippen molar-refractivity contribution in [2.45, 2.75) is 13.0 Å². The van der Waals surface area contributed by atoms with E-state index in [0.29, 0.717) is 24.5 Å². The van der Waals surface area contributed by atoms with Gasteiger partial charge in [0.05, 0.1) is 25.6 Å². The predicted octanol–water partition coefficient (Wildman–Crippen LogP) is 3.85.